The van der Waals surface area contributed by atoms with E-state index < -0.39 is 0 Å². The van der Waals surface area contributed by atoms with E-state index in [0.717, 1.165) is 12.8 Å². The Morgan fingerprint density at radius 2 is 2.17 bits per heavy atom. The van der Waals surface area contributed by atoms with Gasteiger partial charge in [0.25, 0.3) is 5.91 Å². The third kappa shape index (κ3) is 3.04. The van der Waals surface area contributed by atoms with Crippen molar-refractivity contribution >= 4 is 33.4 Å². The van der Waals surface area contributed by atoms with Gasteiger partial charge in [0.1, 0.15) is 5.69 Å². The predicted octanol–water partition coefficient (Wildman–Crippen LogP) is 3.51. The van der Waals surface area contributed by atoms with E-state index in [1.165, 1.54) is 19.0 Å². The Balaban J connectivity index is 2.10. The van der Waals surface area contributed by atoms with Gasteiger partial charge >= 0.3 is 0 Å². The van der Waals surface area contributed by atoms with Gasteiger partial charge < -0.3 is 4.90 Å². The van der Waals surface area contributed by atoms with Gasteiger partial charge in [-0.2, -0.15) is 0 Å². The molecule has 1 fully saturated rings. The number of rotatable bonds is 2. The van der Waals surface area contributed by atoms with Gasteiger partial charge in [-0.05, 0) is 25.0 Å². The maximum absolute atomic E-state index is 12.3. The highest BCUT2D eigenvalue weighted by molar-refractivity contribution is 9.09. The van der Waals surface area contributed by atoms with Gasteiger partial charge in [-0.1, -0.05) is 40.4 Å². The Hall–Kier alpha value is -0.610. The van der Waals surface area contributed by atoms with Crippen molar-refractivity contribution < 1.29 is 4.79 Å². The number of nitrogens with zero attached hydrogens (tertiary/aromatic N) is 2. The van der Waals surface area contributed by atoms with E-state index in [0.29, 0.717) is 15.5 Å². The van der Waals surface area contributed by atoms with Crippen LogP contribution < -0.4 is 0 Å². The summed E-state index contributed by atoms with van der Waals surface area (Å²) in [5.41, 5.74) is 0.451. The number of carbonyl (C=O) groups excluding carboxylic acids is 1. The molecule has 1 aromatic rings. The van der Waals surface area contributed by atoms with Crippen LogP contribution in [0.1, 0.15) is 36.2 Å². The van der Waals surface area contributed by atoms with Gasteiger partial charge in [0.05, 0.1) is 5.02 Å². The van der Waals surface area contributed by atoms with Crippen molar-refractivity contribution in [2.45, 2.75) is 36.6 Å². The minimum atomic E-state index is -0.0389. The maximum Gasteiger partial charge on any atom is 0.272 e. The SMILES string of the molecule is CN(C(=O)c1ccc(Cl)cn1)C1CCCCC1Br. The first-order valence-electron chi connectivity index (χ1n) is 6.12. The number of halogens is 2. The van der Waals surface area contributed by atoms with E-state index in [1.807, 2.05) is 7.05 Å². The normalized spacial score (nSPS) is 23.7. The van der Waals surface area contributed by atoms with Crippen LogP contribution in [0.4, 0.5) is 0 Å². The third-order valence-corrected chi connectivity index (χ3v) is 4.70. The first-order chi connectivity index (χ1) is 8.59. The number of pyridine rings is 1. The van der Waals surface area contributed by atoms with Crippen LogP contribution in [0, 0.1) is 0 Å². The van der Waals surface area contributed by atoms with Crippen LogP contribution in [0.3, 0.4) is 0 Å². The van der Waals surface area contributed by atoms with Crippen LogP contribution in [0.15, 0.2) is 18.3 Å². The average molecular weight is 332 g/mol. The number of hydrogen-bond donors (Lipinski definition) is 0. The first-order valence-corrected chi connectivity index (χ1v) is 7.41. The molecule has 0 radical (unpaired) electrons. The number of amides is 1. The van der Waals surface area contributed by atoms with Gasteiger partial charge in [0, 0.05) is 24.1 Å². The second-order valence-electron chi connectivity index (χ2n) is 4.65. The number of carbonyl (C=O) groups is 1. The molecule has 0 saturated heterocycles. The van der Waals surface area contributed by atoms with Crippen LogP contribution in [0.2, 0.25) is 5.02 Å². The largest absolute Gasteiger partial charge is 0.336 e. The zero-order valence-corrected chi connectivity index (χ0v) is 12.6. The summed E-state index contributed by atoms with van der Waals surface area (Å²) in [5.74, 6) is -0.0389. The average Bonchev–Trinajstić information content (AvgIpc) is 2.38. The van der Waals surface area contributed by atoms with Crippen LogP contribution >= 0.6 is 27.5 Å². The molecule has 98 valence electrons. The summed E-state index contributed by atoms with van der Waals surface area (Å²) in [7, 11) is 1.85. The lowest BCUT2D eigenvalue weighted by Gasteiger charge is -2.35. The smallest absolute Gasteiger partial charge is 0.272 e. The molecule has 1 saturated carbocycles. The lowest BCUT2D eigenvalue weighted by molar-refractivity contribution is 0.0699. The molecule has 0 aromatic carbocycles. The minimum absolute atomic E-state index is 0.0389. The molecule has 2 atom stereocenters. The predicted molar refractivity (Wildman–Crippen MR) is 76.3 cm³/mol. The molecular formula is C13H16BrClN2O. The second-order valence-corrected chi connectivity index (χ2v) is 6.26. The van der Waals surface area contributed by atoms with Crippen molar-refractivity contribution in [2.24, 2.45) is 0 Å². The Morgan fingerprint density at radius 1 is 1.44 bits per heavy atom. The molecule has 0 N–H and O–H groups in total. The number of hydrogen-bond acceptors (Lipinski definition) is 2. The van der Waals surface area contributed by atoms with Crippen molar-refractivity contribution in [3.63, 3.8) is 0 Å². The van der Waals surface area contributed by atoms with Gasteiger partial charge in [-0.3, -0.25) is 4.79 Å². The summed E-state index contributed by atoms with van der Waals surface area (Å²) in [4.78, 5) is 18.6. The highest BCUT2D eigenvalue weighted by Crippen LogP contribution is 2.28. The molecule has 5 heteroatoms. The fourth-order valence-corrected chi connectivity index (χ4v) is 3.39. The molecule has 0 bridgehead atoms. The van der Waals surface area contributed by atoms with Gasteiger partial charge in [-0.15, -0.1) is 0 Å². The van der Waals surface area contributed by atoms with Crippen LogP contribution in [-0.2, 0) is 0 Å². The fourth-order valence-electron chi connectivity index (χ4n) is 2.34. The summed E-state index contributed by atoms with van der Waals surface area (Å²) in [6.45, 7) is 0. The Kier molecular flexibility index (Phi) is 4.62. The summed E-state index contributed by atoms with van der Waals surface area (Å²) < 4.78 is 0. The lowest BCUT2D eigenvalue weighted by Crippen LogP contribution is -2.44. The number of alkyl halides is 1. The van der Waals surface area contributed by atoms with E-state index in [2.05, 4.69) is 20.9 Å². The molecule has 2 unspecified atom stereocenters. The van der Waals surface area contributed by atoms with Gasteiger partial charge in [0.2, 0.25) is 0 Å². The van der Waals surface area contributed by atoms with Crippen molar-refractivity contribution in [1.29, 1.82) is 0 Å². The molecule has 1 aliphatic rings. The van der Waals surface area contributed by atoms with E-state index in [-0.39, 0.29) is 11.9 Å². The van der Waals surface area contributed by atoms with Crippen molar-refractivity contribution in [1.82, 2.24) is 9.88 Å². The molecular weight excluding hydrogens is 316 g/mol. The Morgan fingerprint density at radius 3 is 2.78 bits per heavy atom. The molecule has 0 aliphatic heterocycles. The zero-order valence-electron chi connectivity index (χ0n) is 10.3. The molecule has 3 nitrogen and oxygen atoms in total. The fraction of sp³-hybridized carbons (Fsp3) is 0.538. The topological polar surface area (TPSA) is 33.2 Å². The molecule has 1 heterocycles. The van der Waals surface area contributed by atoms with E-state index in [9.17, 15) is 4.79 Å². The maximum atomic E-state index is 12.3. The quantitative estimate of drug-likeness (QED) is 0.777. The highest BCUT2D eigenvalue weighted by Gasteiger charge is 2.29. The van der Waals surface area contributed by atoms with Crippen LogP contribution in [0.5, 0.6) is 0 Å². The van der Waals surface area contributed by atoms with Crippen molar-refractivity contribution in [3.8, 4) is 0 Å². The second kappa shape index (κ2) is 6.02. The van der Waals surface area contributed by atoms with Crippen LogP contribution in [0.25, 0.3) is 0 Å². The molecule has 1 aromatic heterocycles. The van der Waals surface area contributed by atoms with E-state index >= 15 is 0 Å². The van der Waals surface area contributed by atoms with E-state index in [4.69, 9.17) is 11.6 Å². The molecule has 0 spiro atoms. The summed E-state index contributed by atoms with van der Waals surface area (Å²) >= 11 is 9.45. The van der Waals surface area contributed by atoms with Crippen molar-refractivity contribution in [3.05, 3.63) is 29.0 Å². The number of aromatic nitrogens is 1. The van der Waals surface area contributed by atoms with Crippen molar-refractivity contribution in [2.75, 3.05) is 7.05 Å². The zero-order chi connectivity index (χ0) is 13.1. The Labute approximate surface area is 121 Å². The molecule has 18 heavy (non-hydrogen) atoms. The third-order valence-electron chi connectivity index (χ3n) is 3.41. The lowest BCUT2D eigenvalue weighted by atomic mass is 9.94. The standard InChI is InChI=1S/C13H16BrClN2O/c1-17(12-5-3-2-4-10(12)14)13(18)11-7-6-9(15)8-16-11/h6-8,10,12H,2-5H2,1H3. The van der Waals surface area contributed by atoms with E-state index in [1.54, 1.807) is 17.0 Å². The van der Waals surface area contributed by atoms with Gasteiger partial charge in [-0.25, -0.2) is 4.98 Å². The summed E-state index contributed by atoms with van der Waals surface area (Å²) in [6.07, 6.45) is 6.09. The van der Waals surface area contributed by atoms with Crippen LogP contribution in [-0.4, -0.2) is 33.7 Å². The molecule has 2 rings (SSSR count). The minimum Gasteiger partial charge on any atom is -0.336 e. The Bertz CT molecular complexity index is 424. The van der Waals surface area contributed by atoms with Gasteiger partial charge in [0.15, 0.2) is 0 Å². The summed E-state index contributed by atoms with van der Waals surface area (Å²) in [6, 6.07) is 3.62. The molecule has 1 amide bonds. The monoisotopic (exact) mass is 330 g/mol. The summed E-state index contributed by atoms with van der Waals surface area (Å²) in [5, 5.41) is 0.547. The highest BCUT2D eigenvalue weighted by atomic mass is 79.9. The molecule has 1 aliphatic carbocycles. The first kappa shape index (κ1) is 13.8.